The van der Waals surface area contributed by atoms with Crippen LogP contribution in [0, 0.1) is 11.3 Å². The van der Waals surface area contributed by atoms with E-state index in [0.29, 0.717) is 11.4 Å². The maximum Gasteiger partial charge on any atom is 0.228 e. The largest absolute Gasteiger partial charge is 0.464 e. The van der Waals surface area contributed by atoms with E-state index in [1.807, 2.05) is 77.4 Å². The number of nitriles is 1. The van der Waals surface area contributed by atoms with Crippen LogP contribution in [0.15, 0.2) is 95.9 Å². The summed E-state index contributed by atoms with van der Waals surface area (Å²) in [5, 5.41) is 13.6. The maximum absolute atomic E-state index is 12.3. The van der Waals surface area contributed by atoms with Gasteiger partial charge in [-0.05, 0) is 60.2 Å². The van der Waals surface area contributed by atoms with Crippen LogP contribution in [0.25, 0.3) is 27.9 Å². The lowest BCUT2D eigenvalue weighted by Crippen LogP contribution is -2.14. The van der Waals surface area contributed by atoms with Gasteiger partial charge in [0.25, 0.3) is 0 Å². The quantitative estimate of drug-likeness (QED) is 0.418. The topological polar surface area (TPSA) is 83.9 Å². The molecule has 5 aromatic rings. The highest BCUT2D eigenvalue weighted by atomic mass is 16.3. The number of anilines is 1. The van der Waals surface area contributed by atoms with Crippen molar-refractivity contribution in [1.82, 2.24) is 9.55 Å². The lowest BCUT2D eigenvalue weighted by Gasteiger charge is -2.10. The van der Waals surface area contributed by atoms with Crippen LogP contribution in [-0.4, -0.2) is 15.5 Å². The molecular weight excluding hydrogens is 400 g/mol. The Labute approximate surface area is 184 Å². The van der Waals surface area contributed by atoms with Crippen LogP contribution in [-0.2, 0) is 11.2 Å². The van der Waals surface area contributed by atoms with E-state index in [9.17, 15) is 10.1 Å². The Morgan fingerprint density at radius 2 is 1.94 bits per heavy atom. The summed E-state index contributed by atoms with van der Waals surface area (Å²) in [6, 6.07) is 24.9. The zero-order chi connectivity index (χ0) is 21.9. The van der Waals surface area contributed by atoms with Crippen molar-refractivity contribution in [2.45, 2.75) is 6.42 Å². The van der Waals surface area contributed by atoms with Gasteiger partial charge in [0.1, 0.15) is 17.5 Å². The molecule has 0 radical (unpaired) electrons. The van der Waals surface area contributed by atoms with Gasteiger partial charge in [-0.1, -0.05) is 18.2 Å². The number of carbonyl (C=O) groups excluding carboxylic acids is 1. The van der Waals surface area contributed by atoms with E-state index in [2.05, 4.69) is 16.4 Å². The summed E-state index contributed by atoms with van der Waals surface area (Å²) >= 11 is 0. The SMILES string of the molecule is N#Cc1cc2c(-c3ccco3)cccc2n1-c1ccc(NC(=O)Cc2cccnc2)cc1. The van der Waals surface area contributed by atoms with Crippen LogP contribution in [0.5, 0.6) is 0 Å². The number of nitrogens with one attached hydrogen (secondary N) is 1. The minimum absolute atomic E-state index is 0.113. The van der Waals surface area contributed by atoms with E-state index < -0.39 is 0 Å². The number of furan rings is 1. The number of rotatable bonds is 5. The molecule has 0 aliphatic rings. The first-order chi connectivity index (χ1) is 15.7. The third-order valence-electron chi connectivity index (χ3n) is 5.24. The van der Waals surface area contributed by atoms with Gasteiger partial charge in [0, 0.05) is 34.7 Å². The second-order valence-corrected chi connectivity index (χ2v) is 7.33. The number of nitrogens with zero attached hydrogens (tertiary/aromatic N) is 3. The van der Waals surface area contributed by atoms with Crippen LogP contribution in [0.2, 0.25) is 0 Å². The molecule has 1 N–H and O–H groups in total. The van der Waals surface area contributed by atoms with Gasteiger partial charge >= 0.3 is 0 Å². The fraction of sp³-hybridized carbons (Fsp3) is 0.0385. The Bertz CT molecular complexity index is 1430. The van der Waals surface area contributed by atoms with E-state index in [1.54, 1.807) is 18.7 Å². The standard InChI is InChI=1S/C26H18N4O2/c27-16-21-15-23-22(25-7-3-13-32-25)5-1-6-24(23)30(21)20-10-8-19(9-11-20)29-26(31)14-18-4-2-12-28-17-18/h1-13,15,17H,14H2,(H,29,31). The van der Waals surface area contributed by atoms with E-state index >= 15 is 0 Å². The molecule has 5 rings (SSSR count). The Morgan fingerprint density at radius 1 is 1.06 bits per heavy atom. The number of hydrogen-bond donors (Lipinski definition) is 1. The summed E-state index contributed by atoms with van der Waals surface area (Å²) in [6.07, 6.45) is 5.25. The van der Waals surface area contributed by atoms with Crippen molar-refractivity contribution in [3.63, 3.8) is 0 Å². The third kappa shape index (κ3) is 3.64. The molecule has 0 aliphatic heterocycles. The molecule has 1 amide bonds. The summed E-state index contributed by atoms with van der Waals surface area (Å²) in [6.45, 7) is 0. The zero-order valence-electron chi connectivity index (χ0n) is 17.0. The first kappa shape index (κ1) is 19.3. The molecule has 6 nitrogen and oxygen atoms in total. The number of aromatic nitrogens is 2. The van der Waals surface area contributed by atoms with Crippen molar-refractivity contribution in [3.05, 3.63) is 103 Å². The average Bonchev–Trinajstić information content (AvgIpc) is 3.48. The second kappa shape index (κ2) is 8.25. The number of fused-ring (bicyclic) bond motifs is 1. The van der Waals surface area contributed by atoms with Crippen molar-refractivity contribution in [1.29, 1.82) is 5.26 Å². The lowest BCUT2D eigenvalue weighted by molar-refractivity contribution is -0.115. The van der Waals surface area contributed by atoms with Crippen molar-refractivity contribution in [2.24, 2.45) is 0 Å². The third-order valence-corrected chi connectivity index (χ3v) is 5.24. The molecule has 0 unspecified atom stereocenters. The van der Waals surface area contributed by atoms with Crippen LogP contribution in [0.3, 0.4) is 0 Å². The second-order valence-electron chi connectivity index (χ2n) is 7.33. The van der Waals surface area contributed by atoms with Gasteiger partial charge < -0.3 is 14.3 Å². The van der Waals surface area contributed by atoms with E-state index in [1.165, 1.54) is 0 Å². The van der Waals surface area contributed by atoms with Crippen molar-refractivity contribution in [3.8, 4) is 23.1 Å². The summed E-state index contributed by atoms with van der Waals surface area (Å²) in [4.78, 5) is 16.4. The van der Waals surface area contributed by atoms with Gasteiger partial charge in [-0.3, -0.25) is 9.78 Å². The predicted octanol–water partition coefficient (Wildman–Crippen LogP) is 5.34. The molecule has 3 aromatic heterocycles. The van der Waals surface area contributed by atoms with Crippen LogP contribution >= 0.6 is 0 Å². The minimum atomic E-state index is -0.113. The van der Waals surface area contributed by atoms with Gasteiger partial charge in [-0.2, -0.15) is 5.26 Å². The molecule has 0 spiro atoms. The molecule has 0 saturated carbocycles. The molecule has 0 saturated heterocycles. The van der Waals surface area contributed by atoms with E-state index in [-0.39, 0.29) is 12.3 Å². The summed E-state index contributed by atoms with van der Waals surface area (Å²) in [5.74, 6) is 0.641. The number of hydrogen-bond acceptors (Lipinski definition) is 4. The maximum atomic E-state index is 12.3. The Kier molecular flexibility index (Phi) is 4.98. The smallest absolute Gasteiger partial charge is 0.228 e. The van der Waals surface area contributed by atoms with Crippen molar-refractivity contribution in [2.75, 3.05) is 5.32 Å². The first-order valence-corrected chi connectivity index (χ1v) is 10.1. The fourth-order valence-corrected chi connectivity index (χ4v) is 3.82. The molecule has 2 aromatic carbocycles. The van der Waals surface area contributed by atoms with Crippen molar-refractivity contribution >= 4 is 22.5 Å². The fourth-order valence-electron chi connectivity index (χ4n) is 3.82. The van der Waals surface area contributed by atoms with Gasteiger partial charge in [-0.15, -0.1) is 0 Å². The van der Waals surface area contributed by atoms with Crippen molar-refractivity contribution < 1.29 is 9.21 Å². The Balaban J connectivity index is 1.45. The highest BCUT2D eigenvalue weighted by Gasteiger charge is 2.15. The van der Waals surface area contributed by atoms with Crippen LogP contribution in [0.1, 0.15) is 11.3 Å². The highest BCUT2D eigenvalue weighted by Crippen LogP contribution is 2.33. The zero-order valence-corrected chi connectivity index (χ0v) is 17.0. The van der Waals surface area contributed by atoms with Crippen LogP contribution < -0.4 is 5.32 Å². The molecule has 154 valence electrons. The predicted molar refractivity (Wildman–Crippen MR) is 122 cm³/mol. The van der Waals surface area contributed by atoms with E-state index in [4.69, 9.17) is 4.42 Å². The normalized spacial score (nSPS) is 10.7. The number of pyridine rings is 1. The van der Waals surface area contributed by atoms with Crippen LogP contribution in [0.4, 0.5) is 5.69 Å². The highest BCUT2D eigenvalue weighted by molar-refractivity contribution is 5.96. The molecule has 0 atom stereocenters. The molecule has 32 heavy (non-hydrogen) atoms. The molecule has 6 heteroatoms. The number of benzene rings is 2. The first-order valence-electron chi connectivity index (χ1n) is 10.1. The molecular formula is C26H18N4O2. The minimum Gasteiger partial charge on any atom is -0.464 e. The summed E-state index contributed by atoms with van der Waals surface area (Å²) < 4.78 is 7.48. The van der Waals surface area contributed by atoms with Gasteiger partial charge in [0.2, 0.25) is 5.91 Å². The Morgan fingerprint density at radius 3 is 2.66 bits per heavy atom. The Hall–Kier alpha value is -4.63. The van der Waals surface area contributed by atoms with Gasteiger partial charge in [-0.25, -0.2) is 0 Å². The molecule has 0 aliphatic carbocycles. The number of carbonyl (C=O) groups is 1. The summed E-state index contributed by atoms with van der Waals surface area (Å²) in [5.41, 5.74) is 4.73. The molecule has 0 bridgehead atoms. The number of amides is 1. The summed E-state index contributed by atoms with van der Waals surface area (Å²) in [7, 11) is 0. The molecule has 3 heterocycles. The molecule has 0 fully saturated rings. The lowest BCUT2D eigenvalue weighted by atomic mass is 10.1. The van der Waals surface area contributed by atoms with E-state index in [0.717, 1.165) is 33.5 Å². The monoisotopic (exact) mass is 418 g/mol. The van der Waals surface area contributed by atoms with Gasteiger partial charge in [0.15, 0.2) is 0 Å². The average molecular weight is 418 g/mol. The van der Waals surface area contributed by atoms with Gasteiger partial charge in [0.05, 0.1) is 18.2 Å².